The third-order valence-corrected chi connectivity index (χ3v) is 5.02. The summed E-state index contributed by atoms with van der Waals surface area (Å²) >= 11 is 6.03. The Morgan fingerprint density at radius 3 is 2.33 bits per heavy atom. The second-order valence-electron chi connectivity index (χ2n) is 6.01. The summed E-state index contributed by atoms with van der Waals surface area (Å²) in [6.45, 7) is 3.40. The molecule has 2 heteroatoms. The first-order valence-electron chi connectivity index (χ1n) is 7.54. The molecule has 2 aromatic rings. The summed E-state index contributed by atoms with van der Waals surface area (Å²) in [5, 5.41) is 0.818. The summed E-state index contributed by atoms with van der Waals surface area (Å²) in [5.74, 6) is 1.18. The molecule has 0 aromatic heterocycles. The molecule has 1 nitrogen and oxygen atoms in total. The number of hydrogen-bond donors (Lipinski definition) is 0. The van der Waals surface area contributed by atoms with Gasteiger partial charge in [-0.2, -0.15) is 0 Å². The standard InChI is InChI=1S/C19H18ClN/c20-16-8-6-15(7-9-16)18-12-21-11-10-17(19(18)13-21)14-4-2-1-3-5-14/h1-10,18-19H,11-13H2/t18-,19+/m0/s1. The van der Waals surface area contributed by atoms with Crippen molar-refractivity contribution < 1.29 is 0 Å². The fraction of sp³-hybridized carbons (Fsp3) is 0.263. The Balaban J connectivity index is 1.69. The summed E-state index contributed by atoms with van der Waals surface area (Å²) in [6.07, 6.45) is 2.42. The van der Waals surface area contributed by atoms with Gasteiger partial charge >= 0.3 is 0 Å². The third kappa shape index (κ3) is 2.41. The zero-order valence-electron chi connectivity index (χ0n) is 11.9. The Labute approximate surface area is 130 Å². The van der Waals surface area contributed by atoms with E-state index in [4.69, 9.17) is 11.6 Å². The average molecular weight is 296 g/mol. The van der Waals surface area contributed by atoms with Gasteiger partial charge in [-0.05, 0) is 28.8 Å². The van der Waals surface area contributed by atoms with Gasteiger partial charge in [0.05, 0.1) is 0 Å². The number of fused-ring (bicyclic) bond motifs is 2. The topological polar surface area (TPSA) is 3.24 Å². The number of halogens is 1. The van der Waals surface area contributed by atoms with Gasteiger partial charge in [0, 0.05) is 36.5 Å². The van der Waals surface area contributed by atoms with E-state index in [0.717, 1.165) is 18.1 Å². The molecule has 2 aromatic carbocycles. The molecule has 0 amide bonds. The lowest BCUT2D eigenvalue weighted by Gasteiger charge is -2.25. The molecule has 1 fully saturated rings. The predicted molar refractivity (Wildman–Crippen MR) is 88.5 cm³/mol. The van der Waals surface area contributed by atoms with Crippen LogP contribution in [-0.2, 0) is 0 Å². The van der Waals surface area contributed by atoms with Crippen molar-refractivity contribution in [3.63, 3.8) is 0 Å². The molecule has 106 valence electrons. The molecule has 1 unspecified atom stereocenters. The minimum Gasteiger partial charge on any atom is -0.298 e. The first-order chi connectivity index (χ1) is 10.3. The smallest absolute Gasteiger partial charge is 0.0406 e. The van der Waals surface area contributed by atoms with Crippen molar-refractivity contribution in [2.45, 2.75) is 5.92 Å². The Kier molecular flexibility index (Phi) is 3.33. The van der Waals surface area contributed by atoms with Crippen LogP contribution in [0, 0.1) is 5.92 Å². The van der Waals surface area contributed by atoms with E-state index < -0.39 is 0 Å². The van der Waals surface area contributed by atoms with Crippen molar-refractivity contribution in [3.8, 4) is 0 Å². The molecule has 1 saturated heterocycles. The van der Waals surface area contributed by atoms with E-state index in [1.807, 2.05) is 12.1 Å². The van der Waals surface area contributed by atoms with Gasteiger partial charge in [0.2, 0.25) is 0 Å². The van der Waals surface area contributed by atoms with Crippen LogP contribution in [0.4, 0.5) is 0 Å². The van der Waals surface area contributed by atoms with Gasteiger partial charge in [-0.25, -0.2) is 0 Å². The van der Waals surface area contributed by atoms with Crippen molar-refractivity contribution in [1.29, 1.82) is 0 Å². The normalized spacial score (nSPS) is 27.5. The maximum absolute atomic E-state index is 6.03. The summed E-state index contributed by atoms with van der Waals surface area (Å²) < 4.78 is 0. The van der Waals surface area contributed by atoms with E-state index in [-0.39, 0.29) is 0 Å². The molecule has 0 spiro atoms. The van der Waals surface area contributed by atoms with Crippen LogP contribution < -0.4 is 0 Å². The Morgan fingerprint density at radius 1 is 0.857 bits per heavy atom. The minimum atomic E-state index is 0.580. The Hall–Kier alpha value is -1.57. The second kappa shape index (κ2) is 5.32. The molecule has 2 bridgehead atoms. The van der Waals surface area contributed by atoms with E-state index in [0.29, 0.717) is 11.8 Å². The van der Waals surface area contributed by atoms with Gasteiger partial charge in [0.25, 0.3) is 0 Å². The van der Waals surface area contributed by atoms with Crippen LogP contribution in [0.3, 0.4) is 0 Å². The van der Waals surface area contributed by atoms with Crippen molar-refractivity contribution in [1.82, 2.24) is 4.90 Å². The molecule has 0 saturated carbocycles. The van der Waals surface area contributed by atoms with Crippen LogP contribution in [0.15, 0.2) is 60.7 Å². The van der Waals surface area contributed by atoms with E-state index in [1.165, 1.54) is 23.2 Å². The molecule has 2 aliphatic rings. The zero-order chi connectivity index (χ0) is 14.2. The van der Waals surface area contributed by atoms with E-state index >= 15 is 0 Å². The maximum Gasteiger partial charge on any atom is 0.0406 e. The second-order valence-corrected chi connectivity index (χ2v) is 6.45. The quantitative estimate of drug-likeness (QED) is 0.791. The molecule has 4 rings (SSSR count). The fourth-order valence-corrected chi connectivity index (χ4v) is 3.86. The SMILES string of the molecule is Clc1ccc([C@@H]2CN3CC=C(c4ccccc4)[C@H]2C3)cc1. The molecule has 0 radical (unpaired) electrons. The molecule has 21 heavy (non-hydrogen) atoms. The average Bonchev–Trinajstić information content (AvgIpc) is 2.86. The summed E-state index contributed by atoms with van der Waals surface area (Å²) in [7, 11) is 0. The largest absolute Gasteiger partial charge is 0.298 e. The lowest BCUT2D eigenvalue weighted by atomic mass is 9.81. The maximum atomic E-state index is 6.03. The lowest BCUT2D eigenvalue weighted by Crippen LogP contribution is -2.24. The summed E-state index contributed by atoms with van der Waals surface area (Å²) in [6, 6.07) is 19.2. The number of benzene rings is 2. The molecule has 0 aliphatic carbocycles. The van der Waals surface area contributed by atoms with Crippen LogP contribution in [0.5, 0.6) is 0 Å². The first kappa shape index (κ1) is 13.1. The number of nitrogens with zero attached hydrogens (tertiary/aromatic N) is 1. The summed E-state index contributed by atoms with van der Waals surface area (Å²) in [5.41, 5.74) is 4.31. The zero-order valence-corrected chi connectivity index (χ0v) is 12.6. The highest BCUT2D eigenvalue weighted by Crippen LogP contribution is 2.43. The number of hydrogen-bond acceptors (Lipinski definition) is 1. The van der Waals surface area contributed by atoms with Gasteiger partial charge in [-0.15, -0.1) is 0 Å². The lowest BCUT2D eigenvalue weighted by molar-refractivity contribution is 0.360. The van der Waals surface area contributed by atoms with Gasteiger partial charge in [-0.1, -0.05) is 60.1 Å². The van der Waals surface area contributed by atoms with E-state index in [1.54, 1.807) is 0 Å². The van der Waals surface area contributed by atoms with Gasteiger partial charge < -0.3 is 0 Å². The Morgan fingerprint density at radius 2 is 1.57 bits per heavy atom. The highest BCUT2D eigenvalue weighted by atomic mass is 35.5. The summed E-state index contributed by atoms with van der Waals surface area (Å²) in [4.78, 5) is 2.55. The van der Waals surface area contributed by atoms with Crippen LogP contribution in [0.1, 0.15) is 17.0 Å². The number of rotatable bonds is 2. The highest BCUT2D eigenvalue weighted by Gasteiger charge is 2.38. The van der Waals surface area contributed by atoms with E-state index in [2.05, 4.69) is 53.4 Å². The fourth-order valence-electron chi connectivity index (χ4n) is 3.74. The van der Waals surface area contributed by atoms with Crippen molar-refractivity contribution in [2.24, 2.45) is 5.92 Å². The van der Waals surface area contributed by atoms with Crippen molar-refractivity contribution >= 4 is 17.2 Å². The van der Waals surface area contributed by atoms with Gasteiger partial charge in [0.15, 0.2) is 0 Å². The van der Waals surface area contributed by atoms with Crippen LogP contribution in [0.2, 0.25) is 5.02 Å². The van der Waals surface area contributed by atoms with Crippen LogP contribution >= 0.6 is 11.6 Å². The van der Waals surface area contributed by atoms with Crippen molar-refractivity contribution in [3.05, 3.63) is 76.8 Å². The van der Waals surface area contributed by atoms with Gasteiger partial charge in [0.1, 0.15) is 0 Å². The third-order valence-electron chi connectivity index (χ3n) is 4.77. The van der Waals surface area contributed by atoms with Gasteiger partial charge in [-0.3, -0.25) is 4.90 Å². The first-order valence-corrected chi connectivity index (χ1v) is 7.92. The minimum absolute atomic E-state index is 0.580. The predicted octanol–water partition coefficient (Wildman–Crippen LogP) is 4.45. The van der Waals surface area contributed by atoms with Crippen molar-refractivity contribution in [2.75, 3.05) is 19.6 Å². The van der Waals surface area contributed by atoms with Crippen LogP contribution in [-0.4, -0.2) is 24.5 Å². The molecular formula is C19H18ClN. The van der Waals surface area contributed by atoms with Crippen LogP contribution in [0.25, 0.3) is 5.57 Å². The molecular weight excluding hydrogens is 278 g/mol. The molecule has 2 heterocycles. The highest BCUT2D eigenvalue weighted by molar-refractivity contribution is 6.30. The molecule has 2 aliphatic heterocycles. The monoisotopic (exact) mass is 295 g/mol. The molecule has 0 N–H and O–H groups in total. The molecule has 3 atom stereocenters. The Bertz CT molecular complexity index is 660. The van der Waals surface area contributed by atoms with E-state index in [9.17, 15) is 0 Å².